The average molecular weight is 255 g/mol. The van der Waals surface area contributed by atoms with Crippen LogP contribution in [0.4, 0.5) is 15.8 Å². The highest BCUT2D eigenvalue weighted by Gasteiger charge is 2.07. The number of hydrogen-bond donors (Lipinski definition) is 3. The number of aromatic amines is 1. The lowest BCUT2D eigenvalue weighted by Gasteiger charge is -2.09. The van der Waals surface area contributed by atoms with E-state index < -0.39 is 0 Å². The van der Waals surface area contributed by atoms with Crippen LogP contribution in [-0.2, 0) is 6.54 Å². The summed E-state index contributed by atoms with van der Waals surface area (Å²) in [6.45, 7) is 0.523. The molecule has 1 aromatic heterocycles. The molecule has 96 valence electrons. The number of benzene rings is 2. The second-order valence-electron chi connectivity index (χ2n) is 4.42. The van der Waals surface area contributed by atoms with Gasteiger partial charge in [-0.15, -0.1) is 0 Å². The predicted octanol–water partition coefficient (Wildman–Crippen LogP) is 3.50. The summed E-state index contributed by atoms with van der Waals surface area (Å²) in [7, 11) is 0. The minimum absolute atomic E-state index is 0.333. The van der Waals surface area contributed by atoms with E-state index in [1.54, 1.807) is 12.1 Å². The Kier molecular flexibility index (Phi) is 2.83. The van der Waals surface area contributed by atoms with E-state index in [0.717, 1.165) is 16.5 Å². The van der Waals surface area contributed by atoms with Gasteiger partial charge in [-0.1, -0.05) is 24.3 Å². The number of fused-ring (bicyclic) bond motifs is 1. The number of hydrogen-bond acceptors (Lipinski definition) is 2. The van der Waals surface area contributed by atoms with Gasteiger partial charge in [-0.3, -0.25) is 0 Å². The summed E-state index contributed by atoms with van der Waals surface area (Å²) in [5.74, 6) is -0.333. The van der Waals surface area contributed by atoms with Crippen LogP contribution in [0.3, 0.4) is 0 Å². The van der Waals surface area contributed by atoms with Crippen molar-refractivity contribution >= 4 is 22.3 Å². The molecule has 0 atom stereocenters. The molecule has 0 spiro atoms. The van der Waals surface area contributed by atoms with Gasteiger partial charge in [0.15, 0.2) is 0 Å². The third-order valence-corrected chi connectivity index (χ3v) is 3.18. The van der Waals surface area contributed by atoms with Crippen molar-refractivity contribution in [1.29, 1.82) is 0 Å². The Balaban J connectivity index is 1.87. The van der Waals surface area contributed by atoms with Gasteiger partial charge in [0.25, 0.3) is 0 Å². The van der Waals surface area contributed by atoms with Crippen LogP contribution < -0.4 is 11.1 Å². The van der Waals surface area contributed by atoms with Gasteiger partial charge in [0, 0.05) is 23.6 Å². The van der Waals surface area contributed by atoms with Gasteiger partial charge in [-0.05, 0) is 23.8 Å². The van der Waals surface area contributed by atoms with E-state index in [0.29, 0.717) is 17.9 Å². The van der Waals surface area contributed by atoms with Crippen molar-refractivity contribution in [2.24, 2.45) is 0 Å². The van der Waals surface area contributed by atoms with Crippen LogP contribution in [-0.4, -0.2) is 4.98 Å². The van der Waals surface area contributed by atoms with E-state index in [4.69, 9.17) is 5.73 Å². The standard InChI is InChI=1S/C15H14FN3/c16-12-5-3-6-13(17)15(12)19-9-10-8-18-14-7-2-1-4-11(10)14/h1-8,18-19H,9,17H2. The Morgan fingerprint density at radius 3 is 2.79 bits per heavy atom. The molecule has 3 nitrogen and oxygen atoms in total. The van der Waals surface area contributed by atoms with E-state index in [1.807, 2.05) is 30.5 Å². The highest BCUT2D eigenvalue weighted by Crippen LogP contribution is 2.24. The molecule has 1 heterocycles. The number of H-pyrrole nitrogens is 1. The van der Waals surface area contributed by atoms with E-state index in [-0.39, 0.29) is 5.82 Å². The first-order chi connectivity index (χ1) is 9.25. The first-order valence-electron chi connectivity index (χ1n) is 6.08. The third kappa shape index (κ3) is 2.12. The van der Waals surface area contributed by atoms with E-state index in [2.05, 4.69) is 10.3 Å². The van der Waals surface area contributed by atoms with Gasteiger partial charge in [0.1, 0.15) is 5.82 Å². The molecular weight excluding hydrogens is 241 g/mol. The number of rotatable bonds is 3. The number of anilines is 2. The Morgan fingerprint density at radius 2 is 1.95 bits per heavy atom. The van der Waals surface area contributed by atoms with Crippen LogP contribution in [0.15, 0.2) is 48.7 Å². The summed E-state index contributed by atoms with van der Waals surface area (Å²) in [4.78, 5) is 3.19. The van der Waals surface area contributed by atoms with Gasteiger partial charge < -0.3 is 16.0 Å². The Labute approximate surface area is 110 Å². The summed E-state index contributed by atoms with van der Waals surface area (Å²) < 4.78 is 13.6. The number of halogens is 1. The van der Waals surface area contributed by atoms with Crippen molar-refractivity contribution in [3.8, 4) is 0 Å². The topological polar surface area (TPSA) is 53.8 Å². The Hall–Kier alpha value is -2.49. The lowest BCUT2D eigenvalue weighted by Crippen LogP contribution is -2.04. The predicted molar refractivity (Wildman–Crippen MR) is 76.4 cm³/mol. The van der Waals surface area contributed by atoms with Crippen LogP contribution in [0.25, 0.3) is 10.9 Å². The SMILES string of the molecule is Nc1cccc(F)c1NCc1c[nH]c2ccccc12. The highest BCUT2D eigenvalue weighted by molar-refractivity contribution is 5.83. The third-order valence-electron chi connectivity index (χ3n) is 3.18. The van der Waals surface area contributed by atoms with Gasteiger partial charge in [-0.2, -0.15) is 0 Å². The van der Waals surface area contributed by atoms with E-state index in [9.17, 15) is 4.39 Å². The zero-order valence-corrected chi connectivity index (χ0v) is 10.3. The largest absolute Gasteiger partial charge is 0.397 e. The lowest BCUT2D eigenvalue weighted by molar-refractivity contribution is 0.631. The summed E-state index contributed by atoms with van der Waals surface area (Å²) in [5.41, 5.74) is 8.69. The monoisotopic (exact) mass is 255 g/mol. The first kappa shape index (κ1) is 11.6. The quantitative estimate of drug-likeness (QED) is 0.627. The van der Waals surface area contributed by atoms with Crippen LogP contribution in [0.5, 0.6) is 0 Å². The maximum Gasteiger partial charge on any atom is 0.148 e. The fourth-order valence-electron chi connectivity index (χ4n) is 2.19. The average Bonchev–Trinajstić information content (AvgIpc) is 2.82. The van der Waals surface area contributed by atoms with Crippen molar-refractivity contribution < 1.29 is 4.39 Å². The minimum Gasteiger partial charge on any atom is -0.397 e. The zero-order valence-electron chi connectivity index (χ0n) is 10.3. The second kappa shape index (κ2) is 4.65. The van der Waals surface area contributed by atoms with Crippen molar-refractivity contribution in [1.82, 2.24) is 4.98 Å². The molecule has 2 aromatic carbocycles. The minimum atomic E-state index is -0.333. The summed E-state index contributed by atoms with van der Waals surface area (Å²) in [5, 5.41) is 4.19. The van der Waals surface area contributed by atoms with Crippen LogP contribution in [0.1, 0.15) is 5.56 Å². The molecular formula is C15H14FN3. The number of nitrogens with one attached hydrogen (secondary N) is 2. The van der Waals surface area contributed by atoms with Crippen LogP contribution in [0.2, 0.25) is 0 Å². The number of para-hydroxylation sites is 2. The number of nitrogens with two attached hydrogens (primary N) is 1. The molecule has 19 heavy (non-hydrogen) atoms. The maximum absolute atomic E-state index is 13.6. The molecule has 0 aliphatic carbocycles. The number of nitrogen functional groups attached to an aromatic ring is 1. The van der Waals surface area contributed by atoms with Crippen LogP contribution >= 0.6 is 0 Å². The van der Waals surface area contributed by atoms with Crippen molar-refractivity contribution in [2.75, 3.05) is 11.1 Å². The molecule has 4 N–H and O–H groups in total. The van der Waals surface area contributed by atoms with Gasteiger partial charge in [0.2, 0.25) is 0 Å². The molecule has 0 aliphatic rings. The normalized spacial score (nSPS) is 10.8. The highest BCUT2D eigenvalue weighted by atomic mass is 19.1. The van der Waals surface area contributed by atoms with Crippen molar-refractivity contribution in [3.05, 3.63) is 60.0 Å². The van der Waals surface area contributed by atoms with Crippen LogP contribution in [0, 0.1) is 5.82 Å². The molecule has 0 unspecified atom stereocenters. The molecule has 0 bridgehead atoms. The van der Waals surface area contributed by atoms with Gasteiger partial charge in [-0.25, -0.2) is 4.39 Å². The summed E-state index contributed by atoms with van der Waals surface area (Å²) >= 11 is 0. The molecule has 0 saturated carbocycles. The van der Waals surface area contributed by atoms with E-state index >= 15 is 0 Å². The summed E-state index contributed by atoms with van der Waals surface area (Å²) in [6, 6.07) is 12.7. The Bertz CT molecular complexity index is 698. The molecule has 0 saturated heterocycles. The van der Waals surface area contributed by atoms with Crippen molar-refractivity contribution in [3.63, 3.8) is 0 Å². The second-order valence-corrected chi connectivity index (χ2v) is 4.42. The van der Waals surface area contributed by atoms with Gasteiger partial charge in [0.05, 0.1) is 11.4 Å². The van der Waals surface area contributed by atoms with Gasteiger partial charge >= 0.3 is 0 Å². The Morgan fingerprint density at radius 1 is 1.11 bits per heavy atom. The smallest absolute Gasteiger partial charge is 0.148 e. The molecule has 0 radical (unpaired) electrons. The lowest BCUT2D eigenvalue weighted by atomic mass is 10.1. The first-order valence-corrected chi connectivity index (χ1v) is 6.08. The number of aromatic nitrogens is 1. The molecule has 4 heteroatoms. The zero-order chi connectivity index (χ0) is 13.2. The molecule has 0 fully saturated rings. The van der Waals surface area contributed by atoms with Crippen molar-refractivity contribution in [2.45, 2.75) is 6.54 Å². The molecule has 3 aromatic rings. The molecule has 0 aliphatic heterocycles. The van der Waals surface area contributed by atoms with E-state index in [1.165, 1.54) is 6.07 Å². The molecule has 0 amide bonds. The summed E-state index contributed by atoms with van der Waals surface area (Å²) in [6.07, 6.45) is 1.93. The molecule has 3 rings (SSSR count). The maximum atomic E-state index is 13.6. The fraction of sp³-hybridized carbons (Fsp3) is 0.0667. The fourth-order valence-corrected chi connectivity index (χ4v) is 2.19.